The van der Waals surface area contributed by atoms with Crippen molar-refractivity contribution in [3.05, 3.63) is 11.8 Å². The molecular formula is C10H14O2. The molecule has 66 valence electrons. The van der Waals surface area contributed by atoms with Crippen molar-refractivity contribution in [3.63, 3.8) is 0 Å². The highest BCUT2D eigenvalue weighted by Crippen LogP contribution is 2.64. The molecule has 12 heavy (non-hydrogen) atoms. The second-order valence-electron chi connectivity index (χ2n) is 4.49. The van der Waals surface area contributed by atoms with Crippen LogP contribution in [-0.2, 0) is 0 Å². The van der Waals surface area contributed by atoms with Gasteiger partial charge < -0.3 is 10.2 Å². The van der Waals surface area contributed by atoms with E-state index in [0.717, 1.165) is 23.7 Å². The van der Waals surface area contributed by atoms with E-state index in [1.807, 2.05) is 0 Å². The Hall–Kier alpha value is -0.500. The maximum atomic E-state index is 9.83. The van der Waals surface area contributed by atoms with Crippen molar-refractivity contribution in [2.24, 2.45) is 23.7 Å². The normalized spacial score (nSPS) is 58.8. The summed E-state index contributed by atoms with van der Waals surface area (Å²) < 4.78 is 0. The number of hydrogen-bond donors (Lipinski definition) is 2. The van der Waals surface area contributed by atoms with E-state index >= 15 is 0 Å². The SMILES string of the molecule is O/C=C1\C2CCC3C(C2)C3C1O. The zero-order valence-corrected chi connectivity index (χ0v) is 6.98. The Morgan fingerprint density at radius 2 is 2.08 bits per heavy atom. The number of rotatable bonds is 0. The monoisotopic (exact) mass is 166 g/mol. The molecule has 0 radical (unpaired) electrons. The van der Waals surface area contributed by atoms with Crippen LogP contribution in [0, 0.1) is 23.7 Å². The van der Waals surface area contributed by atoms with Crippen molar-refractivity contribution in [2.75, 3.05) is 0 Å². The van der Waals surface area contributed by atoms with Crippen molar-refractivity contribution >= 4 is 0 Å². The largest absolute Gasteiger partial charge is 0.516 e. The first-order valence-corrected chi connectivity index (χ1v) is 4.85. The van der Waals surface area contributed by atoms with Gasteiger partial charge in [0, 0.05) is 0 Å². The van der Waals surface area contributed by atoms with Crippen molar-refractivity contribution in [1.82, 2.24) is 0 Å². The van der Waals surface area contributed by atoms with Crippen LogP contribution >= 0.6 is 0 Å². The zero-order valence-electron chi connectivity index (χ0n) is 6.98. The Kier molecular flexibility index (Phi) is 1.19. The van der Waals surface area contributed by atoms with Crippen LogP contribution in [0.3, 0.4) is 0 Å². The van der Waals surface area contributed by atoms with E-state index in [2.05, 4.69) is 0 Å². The molecule has 5 unspecified atom stereocenters. The summed E-state index contributed by atoms with van der Waals surface area (Å²) in [6.07, 6.45) is 4.52. The maximum absolute atomic E-state index is 9.83. The molecule has 0 aromatic rings. The molecule has 0 spiro atoms. The van der Waals surface area contributed by atoms with Crippen LogP contribution < -0.4 is 0 Å². The van der Waals surface area contributed by atoms with Crippen molar-refractivity contribution in [3.8, 4) is 0 Å². The van der Waals surface area contributed by atoms with Gasteiger partial charge in [-0.15, -0.1) is 0 Å². The molecule has 0 amide bonds. The Balaban J connectivity index is 1.98. The van der Waals surface area contributed by atoms with Gasteiger partial charge in [0.15, 0.2) is 0 Å². The predicted molar refractivity (Wildman–Crippen MR) is 44.5 cm³/mol. The first kappa shape index (κ1) is 6.96. The van der Waals surface area contributed by atoms with Crippen LogP contribution in [0.5, 0.6) is 0 Å². The topological polar surface area (TPSA) is 40.5 Å². The first-order chi connectivity index (χ1) is 5.83. The van der Waals surface area contributed by atoms with Crippen molar-refractivity contribution in [2.45, 2.75) is 25.4 Å². The highest BCUT2D eigenvalue weighted by atomic mass is 16.3. The molecule has 3 aliphatic rings. The summed E-state index contributed by atoms with van der Waals surface area (Å²) in [5.74, 6) is 2.57. The van der Waals surface area contributed by atoms with Crippen LogP contribution in [0.4, 0.5) is 0 Å². The second-order valence-corrected chi connectivity index (χ2v) is 4.49. The van der Waals surface area contributed by atoms with Crippen LogP contribution in [-0.4, -0.2) is 16.3 Å². The minimum Gasteiger partial charge on any atom is -0.516 e. The Labute approximate surface area is 71.9 Å². The molecule has 2 bridgehead atoms. The van der Waals surface area contributed by atoms with Gasteiger partial charge in [0.2, 0.25) is 0 Å². The Morgan fingerprint density at radius 1 is 1.25 bits per heavy atom. The standard InChI is InChI=1S/C10H14O2/c11-4-8-5-1-2-6-7(3-5)9(6)10(8)12/h4-7,9-12H,1-3H2/b8-4+. The van der Waals surface area contributed by atoms with Gasteiger partial charge in [-0.25, -0.2) is 0 Å². The second kappa shape index (κ2) is 2.05. The predicted octanol–water partition coefficient (Wildman–Crippen LogP) is 1.47. The van der Waals surface area contributed by atoms with E-state index in [0.29, 0.717) is 11.8 Å². The molecule has 0 aliphatic heterocycles. The van der Waals surface area contributed by atoms with Gasteiger partial charge in [-0.05, 0) is 48.5 Å². The number of hydrogen-bond acceptors (Lipinski definition) is 2. The molecule has 2 nitrogen and oxygen atoms in total. The molecule has 0 aromatic carbocycles. The Morgan fingerprint density at radius 3 is 2.83 bits per heavy atom. The summed E-state index contributed by atoms with van der Waals surface area (Å²) in [6, 6.07) is 0. The van der Waals surface area contributed by atoms with Crippen LogP contribution in [0.15, 0.2) is 11.8 Å². The van der Waals surface area contributed by atoms with Gasteiger partial charge >= 0.3 is 0 Å². The third kappa shape index (κ3) is 0.650. The molecule has 3 saturated carbocycles. The summed E-state index contributed by atoms with van der Waals surface area (Å²) in [7, 11) is 0. The van der Waals surface area contributed by atoms with Gasteiger partial charge in [0.05, 0.1) is 12.4 Å². The van der Waals surface area contributed by atoms with Crippen LogP contribution in [0.25, 0.3) is 0 Å². The van der Waals surface area contributed by atoms with Crippen LogP contribution in [0.2, 0.25) is 0 Å². The fourth-order valence-corrected chi connectivity index (χ4v) is 3.47. The van der Waals surface area contributed by atoms with Gasteiger partial charge in [-0.2, -0.15) is 0 Å². The van der Waals surface area contributed by atoms with E-state index in [-0.39, 0.29) is 6.10 Å². The summed E-state index contributed by atoms with van der Waals surface area (Å²) >= 11 is 0. The fourth-order valence-electron chi connectivity index (χ4n) is 3.47. The van der Waals surface area contributed by atoms with E-state index in [9.17, 15) is 5.11 Å². The molecule has 3 fully saturated rings. The van der Waals surface area contributed by atoms with E-state index < -0.39 is 0 Å². The average molecular weight is 166 g/mol. The third-order valence-electron chi connectivity index (χ3n) is 4.13. The lowest BCUT2D eigenvalue weighted by atomic mass is 9.80. The van der Waals surface area contributed by atoms with Gasteiger partial charge in [0.1, 0.15) is 0 Å². The zero-order chi connectivity index (χ0) is 8.29. The minimum absolute atomic E-state index is 0.314. The molecule has 3 aliphatic carbocycles. The lowest BCUT2D eigenvalue weighted by Gasteiger charge is -2.28. The smallest absolute Gasteiger partial charge is 0.0818 e. The van der Waals surface area contributed by atoms with Crippen LogP contribution in [0.1, 0.15) is 19.3 Å². The summed E-state index contributed by atoms with van der Waals surface area (Å²) in [5.41, 5.74) is 0.913. The lowest BCUT2D eigenvalue weighted by Crippen LogP contribution is -2.25. The van der Waals surface area contributed by atoms with E-state index in [1.54, 1.807) is 0 Å². The molecule has 0 saturated heterocycles. The summed E-state index contributed by atoms with van der Waals surface area (Å²) in [5, 5.41) is 18.8. The third-order valence-corrected chi connectivity index (χ3v) is 4.13. The van der Waals surface area contributed by atoms with Gasteiger partial charge in [-0.3, -0.25) is 0 Å². The minimum atomic E-state index is -0.314. The van der Waals surface area contributed by atoms with Crippen molar-refractivity contribution < 1.29 is 10.2 Å². The summed E-state index contributed by atoms with van der Waals surface area (Å²) in [4.78, 5) is 0. The Bertz CT molecular complexity index is 238. The first-order valence-electron chi connectivity index (χ1n) is 4.85. The number of aliphatic hydroxyl groups excluding tert-OH is 2. The van der Waals surface area contributed by atoms with E-state index in [1.165, 1.54) is 19.3 Å². The molecule has 0 aromatic heterocycles. The lowest BCUT2D eigenvalue weighted by molar-refractivity contribution is 0.143. The van der Waals surface area contributed by atoms with E-state index in [4.69, 9.17) is 5.11 Å². The quantitative estimate of drug-likeness (QED) is 0.535. The molecule has 5 atom stereocenters. The highest BCUT2D eigenvalue weighted by Gasteiger charge is 2.61. The number of aliphatic hydroxyl groups is 2. The average Bonchev–Trinajstić information content (AvgIpc) is 2.80. The molecule has 2 N–H and O–H groups in total. The highest BCUT2D eigenvalue weighted by molar-refractivity contribution is 5.25. The van der Waals surface area contributed by atoms with Crippen molar-refractivity contribution in [1.29, 1.82) is 0 Å². The molecular weight excluding hydrogens is 152 g/mol. The molecule has 3 rings (SSSR count). The molecule has 2 heteroatoms. The molecule has 0 heterocycles. The van der Waals surface area contributed by atoms with Gasteiger partial charge in [-0.1, -0.05) is 0 Å². The summed E-state index contributed by atoms with van der Waals surface area (Å²) in [6.45, 7) is 0. The fraction of sp³-hybridized carbons (Fsp3) is 0.800. The van der Waals surface area contributed by atoms with Gasteiger partial charge in [0.25, 0.3) is 0 Å². The maximum Gasteiger partial charge on any atom is 0.0818 e. The number of fused-ring (bicyclic) bond motifs is 2.